The quantitative estimate of drug-likeness (QED) is 0.170. The fourth-order valence-corrected chi connectivity index (χ4v) is 2.83. The summed E-state index contributed by atoms with van der Waals surface area (Å²) in [5.41, 5.74) is -2.16. The molecule has 0 radical (unpaired) electrons. The van der Waals surface area contributed by atoms with Crippen LogP contribution in [-0.4, -0.2) is 57.3 Å². The summed E-state index contributed by atoms with van der Waals surface area (Å²) >= 11 is 0. The third-order valence-corrected chi connectivity index (χ3v) is 4.72. The first-order valence-electron chi connectivity index (χ1n) is 10.3. The Kier molecular flexibility index (Phi) is 15.4. The van der Waals surface area contributed by atoms with Gasteiger partial charge in [-0.05, 0) is 12.8 Å². The van der Waals surface area contributed by atoms with Crippen molar-refractivity contribution >= 4 is 11.9 Å². The Balaban J connectivity index is 3.83. The molecule has 0 aliphatic rings. The van der Waals surface area contributed by atoms with E-state index in [4.69, 9.17) is 10.2 Å². The zero-order valence-corrected chi connectivity index (χ0v) is 16.7. The van der Waals surface area contributed by atoms with Gasteiger partial charge in [-0.25, -0.2) is 9.59 Å². The van der Waals surface area contributed by atoms with Crippen molar-refractivity contribution in [3.8, 4) is 0 Å². The topological polar surface area (TPSA) is 124 Å². The van der Waals surface area contributed by atoms with Gasteiger partial charge in [-0.2, -0.15) is 0 Å². The monoisotopic (exact) mass is 390 g/mol. The maximum atomic E-state index is 11.8. The molecule has 0 fully saturated rings. The summed E-state index contributed by atoms with van der Waals surface area (Å²) in [6, 6.07) is 0. The van der Waals surface area contributed by atoms with Crippen molar-refractivity contribution in [3.63, 3.8) is 0 Å². The highest BCUT2D eigenvalue weighted by Gasteiger charge is 2.38. The highest BCUT2D eigenvalue weighted by molar-refractivity contribution is 5.92. The van der Waals surface area contributed by atoms with Gasteiger partial charge >= 0.3 is 11.9 Å². The normalized spacial score (nSPS) is 14.6. The minimum Gasteiger partial charge on any atom is -0.393 e. The van der Waals surface area contributed by atoms with Crippen LogP contribution in [0.3, 0.4) is 0 Å². The first kappa shape index (κ1) is 26.0. The lowest BCUT2D eigenvalue weighted by atomic mass is 9.96. The molecule has 0 amide bonds. The van der Waals surface area contributed by atoms with Crippen molar-refractivity contribution in [1.82, 2.24) is 0 Å². The zero-order chi connectivity index (χ0) is 20.5. The highest BCUT2D eigenvalue weighted by Crippen LogP contribution is 2.19. The summed E-state index contributed by atoms with van der Waals surface area (Å²) in [6.07, 6.45) is 11.7. The molecule has 0 saturated carbocycles. The van der Waals surface area contributed by atoms with Gasteiger partial charge in [-0.3, -0.25) is 0 Å². The minimum absolute atomic E-state index is 0.0255. The average Bonchev–Trinajstić information content (AvgIpc) is 2.67. The molecule has 2 atom stereocenters. The molecule has 0 aromatic heterocycles. The summed E-state index contributed by atoms with van der Waals surface area (Å²) in [4.78, 5) is 23.1. The van der Waals surface area contributed by atoms with Crippen molar-refractivity contribution in [2.75, 3.05) is 13.2 Å². The zero-order valence-electron chi connectivity index (χ0n) is 16.7. The molecule has 0 saturated heterocycles. The smallest absolute Gasteiger partial charge is 0.348 e. The standard InChI is InChI=1S/C20H38O7/c1-2-3-4-5-6-7-8-9-10-11-12-13-14-20(26,16-22)19(25)27-18(24)17(23)15-21/h17,21-23,26H,2-16H2,1H3. The lowest BCUT2D eigenvalue weighted by molar-refractivity contribution is -0.183. The molecule has 0 aromatic carbocycles. The largest absolute Gasteiger partial charge is 0.393 e. The van der Waals surface area contributed by atoms with Crippen LogP contribution >= 0.6 is 0 Å². The van der Waals surface area contributed by atoms with E-state index >= 15 is 0 Å². The second kappa shape index (κ2) is 16.0. The van der Waals surface area contributed by atoms with Gasteiger partial charge in [-0.15, -0.1) is 0 Å². The molecular weight excluding hydrogens is 352 g/mol. The molecule has 160 valence electrons. The van der Waals surface area contributed by atoms with Gasteiger partial charge in [0.05, 0.1) is 13.2 Å². The van der Waals surface area contributed by atoms with Gasteiger partial charge in [0.2, 0.25) is 0 Å². The Morgan fingerprint density at radius 1 is 0.852 bits per heavy atom. The van der Waals surface area contributed by atoms with E-state index in [1.54, 1.807) is 0 Å². The van der Waals surface area contributed by atoms with Crippen LogP contribution in [0.15, 0.2) is 0 Å². The summed E-state index contributed by atoms with van der Waals surface area (Å²) in [6.45, 7) is 0.459. The van der Waals surface area contributed by atoms with Crippen LogP contribution in [0.25, 0.3) is 0 Å². The van der Waals surface area contributed by atoms with Gasteiger partial charge in [0, 0.05) is 0 Å². The molecule has 7 heteroatoms. The first-order valence-corrected chi connectivity index (χ1v) is 10.3. The number of esters is 2. The van der Waals surface area contributed by atoms with Gasteiger partial charge in [-0.1, -0.05) is 77.6 Å². The molecule has 0 spiro atoms. The van der Waals surface area contributed by atoms with Crippen molar-refractivity contribution in [3.05, 3.63) is 0 Å². The van der Waals surface area contributed by atoms with E-state index in [1.165, 1.54) is 51.4 Å². The first-order chi connectivity index (χ1) is 12.9. The molecule has 4 N–H and O–H groups in total. The van der Waals surface area contributed by atoms with E-state index in [1.807, 2.05) is 0 Å². The van der Waals surface area contributed by atoms with E-state index in [2.05, 4.69) is 11.7 Å². The van der Waals surface area contributed by atoms with E-state index < -0.39 is 36.9 Å². The molecule has 2 unspecified atom stereocenters. The van der Waals surface area contributed by atoms with Gasteiger partial charge < -0.3 is 25.2 Å². The summed E-state index contributed by atoms with van der Waals surface area (Å²) in [5, 5.41) is 37.1. The van der Waals surface area contributed by atoms with Gasteiger partial charge in [0.25, 0.3) is 0 Å². The SMILES string of the molecule is CCCCCCCCCCCCCCC(O)(CO)C(=O)OC(=O)C(O)CO. The van der Waals surface area contributed by atoms with Crippen LogP contribution < -0.4 is 0 Å². The Morgan fingerprint density at radius 2 is 1.30 bits per heavy atom. The van der Waals surface area contributed by atoms with Gasteiger partial charge in [0.15, 0.2) is 11.7 Å². The molecule has 0 aliphatic heterocycles. The van der Waals surface area contributed by atoms with Crippen molar-refractivity contribution < 1.29 is 34.8 Å². The predicted octanol–water partition coefficient (Wildman–Crippen LogP) is 2.22. The van der Waals surface area contributed by atoms with Crippen LogP contribution in [0.1, 0.15) is 90.4 Å². The van der Waals surface area contributed by atoms with E-state index in [0.717, 1.165) is 19.3 Å². The number of carbonyl (C=O) groups excluding carboxylic acids is 2. The molecule has 0 aromatic rings. The van der Waals surface area contributed by atoms with E-state index in [-0.39, 0.29) is 6.42 Å². The summed E-state index contributed by atoms with van der Waals surface area (Å²) < 4.78 is 4.32. The minimum atomic E-state index is -2.16. The molecule has 27 heavy (non-hydrogen) atoms. The second-order valence-corrected chi connectivity index (χ2v) is 7.24. The van der Waals surface area contributed by atoms with Crippen LogP contribution in [0.4, 0.5) is 0 Å². The molecule has 7 nitrogen and oxygen atoms in total. The molecular formula is C20H38O7. The Hall–Kier alpha value is -1.02. The lowest BCUT2D eigenvalue weighted by Gasteiger charge is -2.23. The Morgan fingerprint density at radius 3 is 1.70 bits per heavy atom. The number of aliphatic hydroxyl groups excluding tert-OH is 3. The Bertz CT molecular complexity index is 400. The lowest BCUT2D eigenvalue weighted by Crippen LogP contribution is -2.46. The number of rotatable bonds is 17. The third-order valence-electron chi connectivity index (χ3n) is 4.72. The maximum absolute atomic E-state index is 11.8. The second-order valence-electron chi connectivity index (χ2n) is 7.24. The maximum Gasteiger partial charge on any atom is 0.348 e. The van der Waals surface area contributed by atoms with Gasteiger partial charge in [0.1, 0.15) is 0 Å². The van der Waals surface area contributed by atoms with Crippen LogP contribution in [0.2, 0.25) is 0 Å². The number of unbranched alkanes of at least 4 members (excludes halogenated alkanes) is 11. The fourth-order valence-electron chi connectivity index (χ4n) is 2.83. The number of carbonyl (C=O) groups is 2. The van der Waals surface area contributed by atoms with Crippen LogP contribution in [0.5, 0.6) is 0 Å². The summed E-state index contributed by atoms with van der Waals surface area (Å²) in [5.74, 6) is -2.64. The van der Waals surface area contributed by atoms with Crippen molar-refractivity contribution in [1.29, 1.82) is 0 Å². The van der Waals surface area contributed by atoms with E-state index in [0.29, 0.717) is 6.42 Å². The van der Waals surface area contributed by atoms with Crippen LogP contribution in [0, 0.1) is 0 Å². The van der Waals surface area contributed by atoms with Crippen molar-refractivity contribution in [2.45, 2.75) is 102 Å². The highest BCUT2D eigenvalue weighted by atomic mass is 16.6. The van der Waals surface area contributed by atoms with Crippen molar-refractivity contribution in [2.24, 2.45) is 0 Å². The summed E-state index contributed by atoms with van der Waals surface area (Å²) in [7, 11) is 0. The molecule has 0 rings (SSSR count). The number of hydrogen-bond acceptors (Lipinski definition) is 7. The van der Waals surface area contributed by atoms with Crippen LogP contribution in [-0.2, 0) is 14.3 Å². The molecule has 0 heterocycles. The predicted molar refractivity (Wildman–Crippen MR) is 102 cm³/mol. The third kappa shape index (κ3) is 12.1. The number of aliphatic hydroxyl groups is 4. The Labute approximate surface area is 162 Å². The number of hydrogen-bond donors (Lipinski definition) is 4. The number of ether oxygens (including phenoxy) is 1. The average molecular weight is 391 g/mol. The fraction of sp³-hybridized carbons (Fsp3) is 0.900. The molecule has 0 bridgehead atoms. The molecule has 0 aliphatic carbocycles. The van der Waals surface area contributed by atoms with E-state index in [9.17, 15) is 19.8 Å².